The molecule has 10 nitrogen and oxygen atoms in total. The molecule has 0 aromatic carbocycles. The standard InChI is InChI=1S/C24H42N4O6/c1-10-11-14(16(29)18(25)30)26-19(31)15-12-24(8,9)13-28(15)20(32)17(22(2,3)4)27-21(33)34-23(5,6)7/h14-15,17H,10-13H2,1-9H3,(H2,25,30)(H,26,31)(H,27,33). The van der Waals surface area contributed by atoms with Crippen molar-refractivity contribution in [2.75, 3.05) is 6.54 Å². The van der Waals surface area contributed by atoms with Gasteiger partial charge in [-0.2, -0.15) is 0 Å². The maximum absolute atomic E-state index is 13.7. The molecule has 4 amide bonds. The molecule has 0 spiro atoms. The van der Waals surface area contributed by atoms with Crippen molar-refractivity contribution in [2.24, 2.45) is 16.6 Å². The Labute approximate surface area is 202 Å². The topological polar surface area (TPSA) is 148 Å². The Morgan fingerprint density at radius 2 is 1.62 bits per heavy atom. The van der Waals surface area contributed by atoms with Crippen LogP contribution in [0.4, 0.5) is 4.79 Å². The number of nitrogens with two attached hydrogens (primary N) is 1. The summed E-state index contributed by atoms with van der Waals surface area (Å²) in [5.41, 5.74) is 3.35. The first-order valence-electron chi connectivity index (χ1n) is 11.7. The van der Waals surface area contributed by atoms with Crippen LogP contribution in [0.3, 0.4) is 0 Å². The van der Waals surface area contributed by atoms with E-state index < -0.39 is 58.7 Å². The highest BCUT2D eigenvalue weighted by molar-refractivity contribution is 6.37. The van der Waals surface area contributed by atoms with E-state index in [1.807, 2.05) is 41.5 Å². The van der Waals surface area contributed by atoms with Crippen molar-refractivity contribution < 1.29 is 28.7 Å². The van der Waals surface area contributed by atoms with Crippen LogP contribution in [0.25, 0.3) is 0 Å². The fourth-order valence-electron chi connectivity index (χ4n) is 3.97. The number of ketones is 1. The molecule has 1 rings (SSSR count). The van der Waals surface area contributed by atoms with E-state index in [1.165, 1.54) is 4.90 Å². The first-order valence-corrected chi connectivity index (χ1v) is 11.7. The van der Waals surface area contributed by atoms with Gasteiger partial charge in [0.15, 0.2) is 0 Å². The molecule has 0 radical (unpaired) electrons. The molecular weight excluding hydrogens is 440 g/mol. The van der Waals surface area contributed by atoms with Gasteiger partial charge in [0.2, 0.25) is 17.6 Å². The van der Waals surface area contributed by atoms with Gasteiger partial charge < -0.3 is 26.0 Å². The average molecular weight is 483 g/mol. The zero-order valence-electron chi connectivity index (χ0n) is 22.0. The van der Waals surface area contributed by atoms with Gasteiger partial charge in [-0.25, -0.2) is 4.79 Å². The van der Waals surface area contributed by atoms with E-state index in [2.05, 4.69) is 10.6 Å². The molecule has 34 heavy (non-hydrogen) atoms. The van der Waals surface area contributed by atoms with Crippen molar-refractivity contribution in [3.63, 3.8) is 0 Å². The molecule has 3 atom stereocenters. The quantitative estimate of drug-likeness (QED) is 0.450. The number of alkyl carbamates (subject to hydrolysis) is 1. The lowest BCUT2D eigenvalue weighted by Gasteiger charge is -2.36. The minimum Gasteiger partial charge on any atom is -0.444 e. The lowest BCUT2D eigenvalue weighted by molar-refractivity contribution is -0.143. The van der Waals surface area contributed by atoms with E-state index in [1.54, 1.807) is 20.8 Å². The first kappa shape index (κ1) is 29.4. The van der Waals surface area contributed by atoms with Gasteiger partial charge >= 0.3 is 6.09 Å². The van der Waals surface area contributed by atoms with Gasteiger partial charge in [-0.3, -0.25) is 19.2 Å². The Bertz CT molecular complexity index is 809. The number of hydrogen-bond acceptors (Lipinski definition) is 6. The molecule has 1 saturated heterocycles. The number of primary amides is 1. The molecule has 1 heterocycles. The Hall–Kier alpha value is -2.65. The van der Waals surface area contributed by atoms with Gasteiger partial charge in [0, 0.05) is 6.54 Å². The normalized spacial score (nSPS) is 19.7. The number of nitrogens with one attached hydrogen (secondary N) is 2. The van der Waals surface area contributed by atoms with E-state index in [9.17, 15) is 24.0 Å². The summed E-state index contributed by atoms with van der Waals surface area (Å²) in [7, 11) is 0. The largest absolute Gasteiger partial charge is 0.444 e. The SMILES string of the molecule is CCCC(NC(=O)C1CC(C)(C)CN1C(=O)C(NC(=O)OC(C)(C)C)C(C)(C)C)C(=O)C(N)=O. The van der Waals surface area contributed by atoms with Crippen molar-refractivity contribution in [1.82, 2.24) is 15.5 Å². The smallest absolute Gasteiger partial charge is 0.408 e. The Balaban J connectivity index is 3.21. The number of rotatable bonds is 8. The van der Waals surface area contributed by atoms with Crippen molar-refractivity contribution >= 4 is 29.6 Å². The molecule has 1 aliphatic rings. The summed E-state index contributed by atoms with van der Waals surface area (Å²) in [6, 6.07) is -2.87. The van der Waals surface area contributed by atoms with Crippen LogP contribution >= 0.6 is 0 Å². The highest BCUT2D eigenvalue weighted by atomic mass is 16.6. The molecule has 4 N–H and O–H groups in total. The van der Waals surface area contributed by atoms with Crippen LogP contribution < -0.4 is 16.4 Å². The summed E-state index contributed by atoms with van der Waals surface area (Å²) in [5.74, 6) is -2.94. The molecular formula is C24H42N4O6. The molecule has 0 saturated carbocycles. The first-order chi connectivity index (χ1) is 15.3. The third-order valence-electron chi connectivity index (χ3n) is 5.53. The lowest BCUT2D eigenvalue weighted by Crippen LogP contribution is -2.59. The van der Waals surface area contributed by atoms with Crippen molar-refractivity contribution in [2.45, 2.75) is 105 Å². The molecule has 0 bridgehead atoms. The third kappa shape index (κ3) is 8.29. The van der Waals surface area contributed by atoms with Crippen LogP contribution in [0.15, 0.2) is 0 Å². The second kappa shape index (κ2) is 10.7. The molecule has 10 heteroatoms. The predicted molar refractivity (Wildman–Crippen MR) is 128 cm³/mol. The summed E-state index contributed by atoms with van der Waals surface area (Å²) >= 11 is 0. The highest BCUT2D eigenvalue weighted by Gasteiger charge is 2.48. The molecule has 1 aliphatic heterocycles. The Morgan fingerprint density at radius 1 is 1.06 bits per heavy atom. The minimum absolute atomic E-state index is 0.252. The van der Waals surface area contributed by atoms with Gasteiger partial charge in [0.25, 0.3) is 5.91 Å². The van der Waals surface area contributed by atoms with Gasteiger partial charge in [-0.15, -0.1) is 0 Å². The summed E-state index contributed by atoms with van der Waals surface area (Å²) in [4.78, 5) is 64.4. The fraction of sp³-hybridized carbons (Fsp3) is 0.792. The zero-order valence-corrected chi connectivity index (χ0v) is 22.0. The Kier molecular flexibility index (Phi) is 9.28. The van der Waals surface area contributed by atoms with Gasteiger partial charge in [0.1, 0.15) is 17.7 Å². The molecule has 0 aliphatic carbocycles. The average Bonchev–Trinajstić information content (AvgIpc) is 2.98. The summed E-state index contributed by atoms with van der Waals surface area (Å²) in [5, 5.41) is 5.29. The number of carbonyl (C=O) groups excluding carboxylic acids is 5. The monoisotopic (exact) mass is 482 g/mol. The van der Waals surface area contributed by atoms with Crippen molar-refractivity contribution in [3.05, 3.63) is 0 Å². The van der Waals surface area contributed by atoms with Gasteiger partial charge in [0.05, 0.1) is 6.04 Å². The molecule has 194 valence electrons. The number of carbonyl (C=O) groups is 5. The van der Waals surface area contributed by atoms with Crippen LogP contribution in [-0.2, 0) is 23.9 Å². The van der Waals surface area contributed by atoms with Crippen LogP contribution in [0.1, 0.15) is 81.6 Å². The van der Waals surface area contributed by atoms with Crippen LogP contribution in [-0.4, -0.2) is 64.8 Å². The second-order valence-corrected chi connectivity index (χ2v) is 11.9. The summed E-state index contributed by atoms with van der Waals surface area (Å²) < 4.78 is 5.34. The Morgan fingerprint density at radius 3 is 2.06 bits per heavy atom. The van der Waals surface area contributed by atoms with Crippen molar-refractivity contribution in [1.29, 1.82) is 0 Å². The van der Waals surface area contributed by atoms with E-state index >= 15 is 0 Å². The summed E-state index contributed by atoms with van der Waals surface area (Å²) in [6.07, 6.45) is 0.435. The number of Topliss-reactive ketones (excluding diaryl/α,β-unsaturated/α-hetero) is 1. The van der Waals surface area contributed by atoms with E-state index in [4.69, 9.17) is 10.5 Å². The van der Waals surface area contributed by atoms with Gasteiger partial charge in [-0.05, 0) is 44.4 Å². The highest BCUT2D eigenvalue weighted by Crippen LogP contribution is 2.36. The maximum Gasteiger partial charge on any atom is 0.408 e. The van der Waals surface area contributed by atoms with Crippen LogP contribution in [0.5, 0.6) is 0 Å². The lowest BCUT2D eigenvalue weighted by atomic mass is 9.85. The maximum atomic E-state index is 13.7. The number of nitrogens with zero attached hydrogens (tertiary/aromatic N) is 1. The molecule has 0 aromatic heterocycles. The number of amides is 4. The predicted octanol–water partition coefficient (Wildman–Crippen LogP) is 1.89. The molecule has 1 fully saturated rings. The number of hydrogen-bond donors (Lipinski definition) is 3. The van der Waals surface area contributed by atoms with E-state index in [0.29, 0.717) is 12.8 Å². The second-order valence-electron chi connectivity index (χ2n) is 11.9. The summed E-state index contributed by atoms with van der Waals surface area (Å²) in [6.45, 7) is 16.6. The minimum atomic E-state index is -1.12. The van der Waals surface area contributed by atoms with Gasteiger partial charge in [-0.1, -0.05) is 48.0 Å². The van der Waals surface area contributed by atoms with Crippen LogP contribution in [0, 0.1) is 10.8 Å². The molecule has 3 unspecified atom stereocenters. The zero-order chi connectivity index (χ0) is 26.6. The third-order valence-corrected chi connectivity index (χ3v) is 5.53. The number of likely N-dealkylation sites (tertiary alicyclic amines) is 1. The van der Waals surface area contributed by atoms with Crippen molar-refractivity contribution in [3.8, 4) is 0 Å². The molecule has 0 aromatic rings. The number of ether oxygens (including phenoxy) is 1. The fourth-order valence-corrected chi connectivity index (χ4v) is 3.97. The van der Waals surface area contributed by atoms with Crippen LogP contribution in [0.2, 0.25) is 0 Å². The van der Waals surface area contributed by atoms with E-state index in [0.717, 1.165) is 0 Å². The van der Waals surface area contributed by atoms with E-state index in [-0.39, 0.29) is 18.4 Å².